The lowest BCUT2D eigenvalue weighted by Gasteiger charge is -2.09. The topological polar surface area (TPSA) is 27.1 Å². The second-order valence-corrected chi connectivity index (χ2v) is 4.68. The van der Waals surface area contributed by atoms with Crippen LogP contribution in [0.1, 0.15) is 11.1 Å². The summed E-state index contributed by atoms with van der Waals surface area (Å²) in [5.74, 6) is 0.692. The maximum absolute atomic E-state index is 5.31. The molecule has 3 rings (SSSR count). The average molecular weight is 252 g/mol. The molecule has 0 aliphatic rings. The highest BCUT2D eigenvalue weighted by atomic mass is 16.5. The second-order valence-electron chi connectivity index (χ2n) is 4.68. The van der Waals surface area contributed by atoms with Gasteiger partial charge in [-0.15, -0.1) is 0 Å². The van der Waals surface area contributed by atoms with E-state index in [0.29, 0.717) is 5.88 Å². The predicted molar refractivity (Wildman–Crippen MR) is 76.6 cm³/mol. The monoisotopic (exact) mass is 252 g/mol. The first-order chi connectivity index (χ1) is 9.28. The molecule has 96 valence electrons. The van der Waals surface area contributed by atoms with Crippen molar-refractivity contribution < 1.29 is 4.74 Å². The number of methoxy groups -OCH3 is 1. The van der Waals surface area contributed by atoms with Crippen LogP contribution in [-0.2, 0) is 6.54 Å². The number of benzene rings is 1. The minimum absolute atomic E-state index is 0.692. The van der Waals surface area contributed by atoms with Gasteiger partial charge in [0.1, 0.15) is 0 Å². The summed E-state index contributed by atoms with van der Waals surface area (Å²) in [4.78, 5) is 4.24. The average Bonchev–Trinajstić information content (AvgIpc) is 2.82. The Morgan fingerprint density at radius 2 is 2.11 bits per heavy atom. The molecule has 0 spiro atoms. The molecule has 0 aliphatic carbocycles. The summed E-state index contributed by atoms with van der Waals surface area (Å²) in [6.07, 6.45) is 3.86. The zero-order valence-electron chi connectivity index (χ0n) is 11.1. The number of hydrogen-bond donors (Lipinski definition) is 0. The molecule has 0 saturated heterocycles. The van der Waals surface area contributed by atoms with Crippen molar-refractivity contribution in [1.29, 1.82) is 0 Å². The molecule has 0 unspecified atom stereocenters. The van der Waals surface area contributed by atoms with Gasteiger partial charge in [0.2, 0.25) is 5.88 Å². The maximum atomic E-state index is 5.31. The van der Waals surface area contributed by atoms with Gasteiger partial charge in [-0.1, -0.05) is 18.2 Å². The maximum Gasteiger partial charge on any atom is 0.218 e. The third kappa shape index (κ3) is 2.19. The van der Waals surface area contributed by atoms with Crippen LogP contribution >= 0.6 is 0 Å². The summed E-state index contributed by atoms with van der Waals surface area (Å²) >= 11 is 0. The van der Waals surface area contributed by atoms with Gasteiger partial charge in [0, 0.05) is 23.5 Å². The molecule has 0 bridgehead atoms. The molecule has 0 amide bonds. The van der Waals surface area contributed by atoms with Crippen molar-refractivity contribution in [2.45, 2.75) is 13.5 Å². The molecule has 3 nitrogen and oxygen atoms in total. The van der Waals surface area contributed by atoms with E-state index in [1.807, 2.05) is 12.1 Å². The van der Waals surface area contributed by atoms with Crippen molar-refractivity contribution in [2.75, 3.05) is 7.11 Å². The summed E-state index contributed by atoms with van der Waals surface area (Å²) in [7, 11) is 1.66. The first-order valence-electron chi connectivity index (χ1n) is 6.31. The zero-order chi connectivity index (χ0) is 13.2. The number of rotatable bonds is 3. The first kappa shape index (κ1) is 11.8. The van der Waals surface area contributed by atoms with Crippen LogP contribution in [0.3, 0.4) is 0 Å². The number of ether oxygens (including phenoxy) is 1. The molecule has 19 heavy (non-hydrogen) atoms. The van der Waals surface area contributed by atoms with Gasteiger partial charge in [-0.2, -0.15) is 0 Å². The van der Waals surface area contributed by atoms with Crippen LogP contribution in [0.4, 0.5) is 0 Å². The van der Waals surface area contributed by atoms with Gasteiger partial charge in [-0.3, -0.25) is 0 Å². The lowest BCUT2D eigenvalue weighted by Crippen LogP contribution is -2.01. The Kier molecular flexibility index (Phi) is 2.95. The molecule has 3 aromatic rings. The molecule has 0 fully saturated rings. The fourth-order valence-corrected chi connectivity index (χ4v) is 2.34. The standard InChI is InChI=1S/C16H16N2O/c1-12-5-6-13-7-9-18(15(13)10-12)11-14-4-3-8-17-16(14)19-2/h3-10H,11H2,1-2H3. The SMILES string of the molecule is COc1ncccc1Cn1ccc2ccc(C)cc21. The quantitative estimate of drug-likeness (QED) is 0.714. The molecular formula is C16H16N2O. The number of hydrogen-bond acceptors (Lipinski definition) is 2. The Morgan fingerprint density at radius 1 is 1.21 bits per heavy atom. The van der Waals surface area contributed by atoms with Crippen LogP contribution in [0.25, 0.3) is 10.9 Å². The number of fused-ring (bicyclic) bond motifs is 1. The van der Waals surface area contributed by atoms with Gasteiger partial charge in [0.15, 0.2) is 0 Å². The summed E-state index contributed by atoms with van der Waals surface area (Å²) in [5, 5.41) is 1.26. The van der Waals surface area contributed by atoms with E-state index in [0.717, 1.165) is 12.1 Å². The normalized spacial score (nSPS) is 10.8. The first-order valence-corrected chi connectivity index (χ1v) is 6.31. The van der Waals surface area contributed by atoms with Crippen LogP contribution in [0.15, 0.2) is 48.8 Å². The summed E-state index contributed by atoms with van der Waals surface area (Å²) < 4.78 is 7.53. The molecule has 3 heteroatoms. The Balaban J connectivity index is 2.03. The highest BCUT2D eigenvalue weighted by Gasteiger charge is 2.06. The van der Waals surface area contributed by atoms with Gasteiger partial charge in [-0.05, 0) is 36.1 Å². The van der Waals surface area contributed by atoms with E-state index in [1.54, 1.807) is 13.3 Å². The van der Waals surface area contributed by atoms with Gasteiger partial charge >= 0.3 is 0 Å². The smallest absolute Gasteiger partial charge is 0.218 e. The zero-order valence-corrected chi connectivity index (χ0v) is 11.1. The Hall–Kier alpha value is -2.29. The van der Waals surface area contributed by atoms with E-state index < -0.39 is 0 Å². The fourth-order valence-electron chi connectivity index (χ4n) is 2.34. The molecule has 1 aromatic carbocycles. The molecule has 0 saturated carbocycles. The lowest BCUT2D eigenvalue weighted by atomic mass is 10.2. The lowest BCUT2D eigenvalue weighted by molar-refractivity contribution is 0.391. The Morgan fingerprint density at radius 3 is 2.95 bits per heavy atom. The number of aromatic nitrogens is 2. The van der Waals surface area contributed by atoms with E-state index in [1.165, 1.54) is 16.5 Å². The largest absolute Gasteiger partial charge is 0.481 e. The van der Waals surface area contributed by atoms with Crippen LogP contribution < -0.4 is 4.74 Å². The van der Waals surface area contributed by atoms with Crippen molar-refractivity contribution in [3.05, 3.63) is 59.9 Å². The summed E-state index contributed by atoms with van der Waals surface area (Å²) in [5.41, 5.74) is 3.60. The summed E-state index contributed by atoms with van der Waals surface area (Å²) in [6, 6.07) is 12.6. The Bertz CT molecular complexity index is 716. The molecular weight excluding hydrogens is 236 g/mol. The predicted octanol–water partition coefficient (Wildman–Crippen LogP) is 3.40. The van der Waals surface area contributed by atoms with Crippen LogP contribution in [0.2, 0.25) is 0 Å². The summed E-state index contributed by atoms with van der Waals surface area (Å²) in [6.45, 7) is 2.88. The van der Waals surface area contributed by atoms with E-state index in [9.17, 15) is 0 Å². The van der Waals surface area contributed by atoms with Crippen molar-refractivity contribution in [3.63, 3.8) is 0 Å². The molecule has 0 radical (unpaired) electrons. The van der Waals surface area contributed by atoms with Crippen LogP contribution in [-0.4, -0.2) is 16.7 Å². The minimum atomic E-state index is 0.692. The van der Waals surface area contributed by atoms with E-state index in [-0.39, 0.29) is 0 Å². The van der Waals surface area contributed by atoms with Crippen molar-refractivity contribution in [3.8, 4) is 5.88 Å². The van der Waals surface area contributed by atoms with E-state index in [4.69, 9.17) is 4.74 Å². The molecule has 2 heterocycles. The van der Waals surface area contributed by atoms with E-state index in [2.05, 4.69) is 46.9 Å². The van der Waals surface area contributed by atoms with Crippen molar-refractivity contribution in [1.82, 2.24) is 9.55 Å². The highest BCUT2D eigenvalue weighted by molar-refractivity contribution is 5.80. The second kappa shape index (κ2) is 4.76. The van der Waals surface area contributed by atoms with Crippen molar-refractivity contribution in [2.24, 2.45) is 0 Å². The minimum Gasteiger partial charge on any atom is -0.481 e. The van der Waals surface area contributed by atoms with Gasteiger partial charge < -0.3 is 9.30 Å². The third-order valence-corrected chi connectivity index (χ3v) is 3.31. The van der Waals surface area contributed by atoms with Gasteiger partial charge in [0.25, 0.3) is 0 Å². The van der Waals surface area contributed by atoms with Crippen LogP contribution in [0, 0.1) is 6.92 Å². The fraction of sp³-hybridized carbons (Fsp3) is 0.188. The van der Waals surface area contributed by atoms with Crippen molar-refractivity contribution >= 4 is 10.9 Å². The Labute approximate surface area is 112 Å². The number of nitrogens with zero attached hydrogens (tertiary/aromatic N) is 2. The molecule has 0 aliphatic heterocycles. The molecule has 0 N–H and O–H groups in total. The number of pyridine rings is 1. The third-order valence-electron chi connectivity index (χ3n) is 3.31. The van der Waals surface area contributed by atoms with Gasteiger partial charge in [-0.25, -0.2) is 4.98 Å². The number of aryl methyl sites for hydroxylation is 1. The van der Waals surface area contributed by atoms with Crippen LogP contribution in [0.5, 0.6) is 5.88 Å². The molecule has 2 aromatic heterocycles. The van der Waals surface area contributed by atoms with Gasteiger partial charge in [0.05, 0.1) is 13.7 Å². The molecule has 0 atom stereocenters. The van der Waals surface area contributed by atoms with E-state index >= 15 is 0 Å². The highest BCUT2D eigenvalue weighted by Crippen LogP contribution is 2.21.